The van der Waals surface area contributed by atoms with E-state index in [1.54, 1.807) is 12.4 Å². The van der Waals surface area contributed by atoms with E-state index in [9.17, 15) is 0 Å². The molecule has 96 valence electrons. The minimum absolute atomic E-state index is 0.746. The third-order valence-corrected chi connectivity index (χ3v) is 2.88. The molecule has 2 aromatic carbocycles. The van der Waals surface area contributed by atoms with Gasteiger partial charge in [-0.15, -0.1) is 0 Å². The van der Waals surface area contributed by atoms with Gasteiger partial charge in [-0.05, 0) is 0 Å². The van der Waals surface area contributed by atoms with Gasteiger partial charge >= 0.3 is 0 Å². The van der Waals surface area contributed by atoms with Crippen LogP contribution in [-0.2, 0) is 0 Å². The van der Waals surface area contributed by atoms with E-state index < -0.39 is 0 Å². The first-order valence-electron chi connectivity index (χ1n) is 6.38. The maximum absolute atomic E-state index is 4.69. The van der Waals surface area contributed by atoms with Crippen molar-refractivity contribution < 1.29 is 0 Å². The molecule has 0 amide bonds. The third kappa shape index (κ3) is 2.78. The summed E-state index contributed by atoms with van der Waals surface area (Å²) in [6, 6.07) is 20.2. The quantitative estimate of drug-likeness (QED) is 0.673. The Labute approximate surface area is 117 Å². The van der Waals surface area contributed by atoms with Crippen LogP contribution in [0.5, 0.6) is 0 Å². The lowest BCUT2D eigenvalue weighted by molar-refractivity contribution is 1.16. The molecule has 0 spiro atoms. The first-order valence-corrected chi connectivity index (χ1v) is 6.38. The Morgan fingerprint density at radius 1 is 0.700 bits per heavy atom. The zero-order valence-corrected chi connectivity index (χ0v) is 10.8. The molecule has 0 radical (unpaired) electrons. The molecular formula is C17H13N3. The molecule has 0 aliphatic heterocycles. The van der Waals surface area contributed by atoms with Gasteiger partial charge in [0.15, 0.2) is 0 Å². The summed E-state index contributed by atoms with van der Waals surface area (Å²) in [7, 11) is 0. The molecule has 0 bridgehead atoms. The Balaban J connectivity index is 2.12. The molecule has 1 heterocycles. The molecule has 0 saturated carbocycles. The number of aliphatic imine (C=N–C) groups is 1. The summed E-state index contributed by atoms with van der Waals surface area (Å²) in [5, 5.41) is 0. The Bertz CT molecular complexity index is 651. The zero-order valence-electron chi connectivity index (χ0n) is 10.8. The fourth-order valence-corrected chi connectivity index (χ4v) is 1.97. The second-order valence-electron chi connectivity index (χ2n) is 4.29. The van der Waals surface area contributed by atoms with Crippen molar-refractivity contribution in [3.8, 4) is 0 Å². The molecule has 0 saturated heterocycles. The molecule has 20 heavy (non-hydrogen) atoms. The zero-order chi connectivity index (χ0) is 13.6. The maximum atomic E-state index is 4.69. The van der Waals surface area contributed by atoms with E-state index in [1.807, 2.05) is 36.4 Å². The smallest absolute Gasteiger partial charge is 0.115 e. The van der Waals surface area contributed by atoms with Crippen LogP contribution >= 0.6 is 0 Å². The van der Waals surface area contributed by atoms with Gasteiger partial charge in [-0.3, -0.25) is 0 Å². The molecule has 3 aromatic rings. The fourth-order valence-electron chi connectivity index (χ4n) is 1.97. The van der Waals surface area contributed by atoms with Crippen LogP contribution < -0.4 is 0 Å². The Morgan fingerprint density at radius 2 is 1.20 bits per heavy atom. The van der Waals surface area contributed by atoms with Crippen LogP contribution in [-0.4, -0.2) is 15.7 Å². The molecule has 3 nitrogen and oxygen atoms in total. The van der Waals surface area contributed by atoms with Gasteiger partial charge in [0.1, 0.15) is 12.0 Å². The molecule has 3 rings (SSSR count). The summed E-state index contributed by atoms with van der Waals surface area (Å²) in [6.45, 7) is 0. The first kappa shape index (κ1) is 12.2. The summed E-state index contributed by atoms with van der Waals surface area (Å²) in [4.78, 5) is 12.7. The SMILES string of the molecule is c1ccc(C(=Nc2cncnc2)c2ccccc2)cc1. The van der Waals surface area contributed by atoms with Crippen molar-refractivity contribution in [1.82, 2.24) is 9.97 Å². The molecule has 0 N–H and O–H groups in total. The molecule has 0 unspecified atom stereocenters. The molecule has 0 atom stereocenters. The lowest BCUT2D eigenvalue weighted by Crippen LogP contribution is -2.02. The van der Waals surface area contributed by atoms with E-state index in [0.717, 1.165) is 22.5 Å². The highest BCUT2D eigenvalue weighted by molar-refractivity contribution is 6.13. The molecule has 1 aromatic heterocycles. The lowest BCUT2D eigenvalue weighted by atomic mass is 10.0. The molecule has 3 heteroatoms. The first-order chi connectivity index (χ1) is 9.93. The van der Waals surface area contributed by atoms with Crippen LogP contribution in [0.2, 0.25) is 0 Å². The van der Waals surface area contributed by atoms with Gasteiger partial charge < -0.3 is 0 Å². The predicted molar refractivity (Wildman–Crippen MR) is 80.2 cm³/mol. The maximum Gasteiger partial charge on any atom is 0.115 e. The predicted octanol–water partition coefficient (Wildman–Crippen LogP) is 3.65. The van der Waals surface area contributed by atoms with Gasteiger partial charge in [0.2, 0.25) is 0 Å². The van der Waals surface area contributed by atoms with Gasteiger partial charge in [0.25, 0.3) is 0 Å². The highest BCUT2D eigenvalue weighted by atomic mass is 14.9. The minimum Gasteiger partial charge on any atom is -0.245 e. The minimum atomic E-state index is 0.746. The monoisotopic (exact) mass is 259 g/mol. The number of benzene rings is 2. The normalized spacial score (nSPS) is 10.0. The molecule has 0 aliphatic carbocycles. The average Bonchev–Trinajstić information content (AvgIpc) is 2.55. The van der Waals surface area contributed by atoms with E-state index in [4.69, 9.17) is 4.99 Å². The summed E-state index contributed by atoms with van der Waals surface area (Å²) in [5.41, 5.74) is 3.81. The second-order valence-corrected chi connectivity index (χ2v) is 4.29. The largest absolute Gasteiger partial charge is 0.245 e. The van der Waals surface area contributed by atoms with Gasteiger partial charge in [0.05, 0.1) is 18.1 Å². The van der Waals surface area contributed by atoms with E-state index in [1.165, 1.54) is 6.33 Å². The van der Waals surface area contributed by atoms with E-state index in [-0.39, 0.29) is 0 Å². The fraction of sp³-hybridized carbons (Fsp3) is 0. The highest BCUT2D eigenvalue weighted by Crippen LogP contribution is 2.16. The van der Waals surface area contributed by atoms with Crippen LogP contribution in [0.15, 0.2) is 84.4 Å². The summed E-state index contributed by atoms with van der Waals surface area (Å²) < 4.78 is 0. The van der Waals surface area contributed by atoms with Gasteiger partial charge in [-0.2, -0.15) is 0 Å². The van der Waals surface area contributed by atoms with Crippen LogP contribution in [0.1, 0.15) is 11.1 Å². The number of rotatable bonds is 3. The molecule has 0 aliphatic rings. The molecule has 0 fully saturated rings. The van der Waals surface area contributed by atoms with E-state index in [0.29, 0.717) is 0 Å². The summed E-state index contributed by atoms with van der Waals surface area (Å²) in [5.74, 6) is 0. The van der Waals surface area contributed by atoms with Crippen molar-refractivity contribution in [2.45, 2.75) is 0 Å². The van der Waals surface area contributed by atoms with Gasteiger partial charge in [-0.25, -0.2) is 15.0 Å². The third-order valence-electron chi connectivity index (χ3n) is 2.88. The topological polar surface area (TPSA) is 38.1 Å². The van der Waals surface area contributed by atoms with Crippen molar-refractivity contribution in [3.63, 3.8) is 0 Å². The van der Waals surface area contributed by atoms with Crippen LogP contribution in [0.4, 0.5) is 5.69 Å². The number of hydrogen-bond acceptors (Lipinski definition) is 3. The van der Waals surface area contributed by atoms with Crippen LogP contribution in [0.25, 0.3) is 0 Å². The van der Waals surface area contributed by atoms with Crippen molar-refractivity contribution >= 4 is 11.4 Å². The second kappa shape index (κ2) is 5.89. The van der Waals surface area contributed by atoms with Gasteiger partial charge in [0, 0.05) is 11.1 Å². The van der Waals surface area contributed by atoms with Crippen LogP contribution in [0.3, 0.4) is 0 Å². The van der Waals surface area contributed by atoms with E-state index in [2.05, 4.69) is 34.2 Å². The molecular weight excluding hydrogens is 246 g/mol. The average molecular weight is 259 g/mol. The number of nitrogens with zero attached hydrogens (tertiary/aromatic N) is 3. The summed E-state index contributed by atoms with van der Waals surface area (Å²) in [6.07, 6.45) is 4.92. The Kier molecular flexibility index (Phi) is 3.60. The van der Waals surface area contributed by atoms with Crippen molar-refractivity contribution in [2.24, 2.45) is 4.99 Å². The number of aromatic nitrogens is 2. The number of hydrogen-bond donors (Lipinski definition) is 0. The van der Waals surface area contributed by atoms with E-state index >= 15 is 0 Å². The Hall–Kier alpha value is -2.81. The van der Waals surface area contributed by atoms with Crippen LogP contribution in [0, 0.1) is 0 Å². The standard InChI is InChI=1S/C17H13N3/c1-3-7-14(8-4-1)17(15-9-5-2-6-10-15)20-16-11-18-13-19-12-16/h1-13H. The van der Waals surface area contributed by atoms with Gasteiger partial charge in [-0.1, -0.05) is 60.7 Å². The highest BCUT2D eigenvalue weighted by Gasteiger charge is 2.06. The van der Waals surface area contributed by atoms with Crippen molar-refractivity contribution in [2.75, 3.05) is 0 Å². The van der Waals surface area contributed by atoms with Crippen molar-refractivity contribution in [1.29, 1.82) is 0 Å². The van der Waals surface area contributed by atoms with Crippen molar-refractivity contribution in [3.05, 3.63) is 90.5 Å². The summed E-state index contributed by atoms with van der Waals surface area (Å²) >= 11 is 0. The Morgan fingerprint density at radius 3 is 1.70 bits per heavy atom. The lowest BCUT2D eigenvalue weighted by Gasteiger charge is -2.07.